The Morgan fingerprint density at radius 1 is 1.42 bits per heavy atom. The lowest BCUT2D eigenvalue weighted by Crippen LogP contribution is -2.19. The first kappa shape index (κ1) is 16.2. The van der Waals surface area contributed by atoms with E-state index < -0.39 is 6.43 Å². The van der Waals surface area contributed by atoms with Gasteiger partial charge < -0.3 is 0 Å². The molecule has 126 valence electrons. The molecule has 1 N–H and O–H groups in total. The van der Waals surface area contributed by atoms with E-state index in [1.54, 1.807) is 10.6 Å². The van der Waals surface area contributed by atoms with Gasteiger partial charge in [-0.15, -0.1) is 10.2 Å². The van der Waals surface area contributed by atoms with Gasteiger partial charge in [-0.3, -0.25) is 9.12 Å². The molecule has 1 aliphatic rings. The summed E-state index contributed by atoms with van der Waals surface area (Å²) >= 11 is 8.66. The molecule has 3 aromatic heterocycles. The fourth-order valence-corrected chi connectivity index (χ4v) is 4.05. The van der Waals surface area contributed by atoms with Gasteiger partial charge in [0.25, 0.3) is 6.43 Å². The van der Waals surface area contributed by atoms with Gasteiger partial charge >= 0.3 is 0 Å². The Kier molecular flexibility index (Phi) is 3.98. The molecule has 0 atom stereocenters. The third kappa shape index (κ3) is 3.01. The topological polar surface area (TPSA) is 55.1 Å². The number of hydrogen-bond acceptors (Lipinski definition) is 6. The Bertz CT molecular complexity index is 906. The minimum absolute atomic E-state index is 0.176. The molecule has 0 aromatic carbocycles. The Hall–Kier alpha value is -1.29. The van der Waals surface area contributed by atoms with E-state index in [2.05, 4.69) is 26.8 Å². The first-order valence-corrected chi connectivity index (χ1v) is 9.19. The van der Waals surface area contributed by atoms with Crippen molar-refractivity contribution in [1.29, 1.82) is 0 Å². The Morgan fingerprint density at radius 2 is 2.21 bits per heavy atom. The molecule has 4 rings (SSSR count). The van der Waals surface area contributed by atoms with E-state index in [1.807, 2.05) is 12.3 Å². The molecule has 3 heterocycles. The van der Waals surface area contributed by atoms with Crippen molar-refractivity contribution >= 4 is 40.4 Å². The van der Waals surface area contributed by atoms with Crippen LogP contribution in [0.2, 0.25) is 5.02 Å². The Balaban J connectivity index is 1.71. The fourth-order valence-electron chi connectivity index (χ4n) is 2.13. The largest absolute Gasteiger partial charge is 0.295 e. The Labute approximate surface area is 149 Å². The highest BCUT2D eigenvalue weighted by molar-refractivity contribution is 7.97. The summed E-state index contributed by atoms with van der Waals surface area (Å²) in [6.45, 7) is 2.16. The van der Waals surface area contributed by atoms with E-state index in [9.17, 15) is 8.78 Å². The minimum Gasteiger partial charge on any atom is -0.295 e. The summed E-state index contributed by atoms with van der Waals surface area (Å²) in [7, 11) is 0. The standard InChI is InChI=1S/C14H12ClF2N5S2/c1-14(2-3-14)21-24-7-4-8(15)9-5-18-11(22(9)6-7)13-20-19-12(23-13)10(16)17/h4-6,10,21H,2-3H2,1H3. The highest BCUT2D eigenvalue weighted by Gasteiger charge is 2.37. The molecule has 1 saturated carbocycles. The van der Waals surface area contributed by atoms with Crippen LogP contribution in [0, 0.1) is 0 Å². The van der Waals surface area contributed by atoms with Crippen LogP contribution in [0.15, 0.2) is 23.4 Å². The number of hydrogen-bond donors (Lipinski definition) is 1. The van der Waals surface area contributed by atoms with Crippen LogP contribution in [0.1, 0.15) is 31.2 Å². The number of alkyl halides is 2. The van der Waals surface area contributed by atoms with Gasteiger partial charge in [-0.25, -0.2) is 13.8 Å². The third-order valence-electron chi connectivity index (χ3n) is 3.80. The van der Waals surface area contributed by atoms with Gasteiger partial charge in [-0.1, -0.05) is 22.9 Å². The molecule has 0 bridgehead atoms. The van der Waals surface area contributed by atoms with E-state index in [0.717, 1.165) is 29.1 Å². The molecule has 0 aliphatic heterocycles. The lowest BCUT2D eigenvalue weighted by Gasteiger charge is -2.11. The van der Waals surface area contributed by atoms with Crippen molar-refractivity contribution in [3.63, 3.8) is 0 Å². The highest BCUT2D eigenvalue weighted by Crippen LogP contribution is 2.38. The van der Waals surface area contributed by atoms with E-state index in [1.165, 1.54) is 11.9 Å². The predicted octanol–water partition coefficient (Wildman–Crippen LogP) is 4.59. The zero-order chi connectivity index (χ0) is 16.9. The SMILES string of the molecule is CC1(NSc2cc(Cl)c3cnc(-c4nnc(C(F)F)s4)n3c2)CC1. The van der Waals surface area contributed by atoms with E-state index in [4.69, 9.17) is 11.6 Å². The maximum Gasteiger partial charge on any atom is 0.291 e. The number of fused-ring (bicyclic) bond motifs is 1. The van der Waals surface area contributed by atoms with E-state index in [-0.39, 0.29) is 10.5 Å². The number of aromatic nitrogens is 4. The van der Waals surface area contributed by atoms with Gasteiger partial charge in [0.05, 0.1) is 16.7 Å². The second kappa shape index (κ2) is 5.91. The van der Waals surface area contributed by atoms with Crippen LogP contribution in [-0.2, 0) is 0 Å². The molecule has 0 radical (unpaired) electrons. The fraction of sp³-hybridized carbons (Fsp3) is 0.357. The van der Waals surface area contributed by atoms with Gasteiger partial charge in [-0.05, 0) is 37.8 Å². The number of nitrogens with one attached hydrogen (secondary N) is 1. The number of nitrogens with zero attached hydrogens (tertiary/aromatic N) is 4. The summed E-state index contributed by atoms with van der Waals surface area (Å²) in [4.78, 5) is 5.19. The van der Waals surface area contributed by atoms with Crippen LogP contribution in [0.25, 0.3) is 16.3 Å². The van der Waals surface area contributed by atoms with Crippen molar-refractivity contribution in [2.75, 3.05) is 0 Å². The van der Waals surface area contributed by atoms with Gasteiger partial charge in [0, 0.05) is 16.6 Å². The zero-order valence-corrected chi connectivity index (χ0v) is 14.9. The molecule has 3 aromatic rings. The van der Waals surface area contributed by atoms with Crippen molar-refractivity contribution in [2.45, 2.75) is 36.6 Å². The molecule has 1 fully saturated rings. The van der Waals surface area contributed by atoms with E-state index >= 15 is 0 Å². The van der Waals surface area contributed by atoms with Crippen molar-refractivity contribution in [3.05, 3.63) is 28.5 Å². The lowest BCUT2D eigenvalue weighted by molar-refractivity contribution is 0.150. The second-order valence-electron chi connectivity index (χ2n) is 5.87. The molecule has 24 heavy (non-hydrogen) atoms. The van der Waals surface area contributed by atoms with Crippen molar-refractivity contribution < 1.29 is 8.78 Å². The lowest BCUT2D eigenvalue weighted by atomic mass is 10.4. The monoisotopic (exact) mass is 387 g/mol. The van der Waals surface area contributed by atoms with Crippen LogP contribution < -0.4 is 4.72 Å². The molecule has 1 aliphatic carbocycles. The Morgan fingerprint density at radius 3 is 2.88 bits per heavy atom. The van der Waals surface area contributed by atoms with Crippen LogP contribution in [0.5, 0.6) is 0 Å². The van der Waals surface area contributed by atoms with Gasteiger partial charge in [0.1, 0.15) is 0 Å². The number of rotatable bonds is 5. The molecule has 10 heteroatoms. The smallest absolute Gasteiger partial charge is 0.291 e. The summed E-state index contributed by atoms with van der Waals surface area (Å²) in [5, 5.41) is 7.90. The molecule has 0 saturated heterocycles. The summed E-state index contributed by atoms with van der Waals surface area (Å²) < 4.78 is 30.6. The predicted molar refractivity (Wildman–Crippen MR) is 90.7 cm³/mol. The number of imidazole rings is 1. The maximum absolute atomic E-state index is 12.7. The van der Waals surface area contributed by atoms with Crippen molar-refractivity contribution in [1.82, 2.24) is 24.3 Å². The highest BCUT2D eigenvalue weighted by atomic mass is 35.5. The van der Waals surface area contributed by atoms with Gasteiger partial charge in [0.2, 0.25) is 0 Å². The molecular weight excluding hydrogens is 376 g/mol. The third-order valence-corrected chi connectivity index (χ3v) is 6.08. The van der Waals surface area contributed by atoms with Crippen LogP contribution in [0.4, 0.5) is 8.78 Å². The molecule has 0 spiro atoms. The van der Waals surface area contributed by atoms with Gasteiger partial charge in [0.15, 0.2) is 15.8 Å². The summed E-state index contributed by atoms with van der Waals surface area (Å²) in [5.74, 6) is 0.455. The number of pyridine rings is 1. The van der Waals surface area contributed by atoms with Crippen LogP contribution in [-0.4, -0.2) is 25.1 Å². The maximum atomic E-state index is 12.7. The van der Waals surface area contributed by atoms with Crippen molar-refractivity contribution in [2.24, 2.45) is 0 Å². The minimum atomic E-state index is -2.64. The second-order valence-corrected chi connectivity index (χ2v) is 8.17. The first-order chi connectivity index (χ1) is 11.5. The zero-order valence-electron chi connectivity index (χ0n) is 12.5. The average Bonchev–Trinajstić information content (AvgIpc) is 2.96. The molecule has 0 amide bonds. The van der Waals surface area contributed by atoms with Crippen molar-refractivity contribution in [3.8, 4) is 10.8 Å². The quantitative estimate of drug-likeness (QED) is 0.649. The summed E-state index contributed by atoms with van der Waals surface area (Å²) in [5.41, 5.74) is 0.873. The number of halogens is 3. The average molecular weight is 388 g/mol. The van der Waals surface area contributed by atoms with Gasteiger partial charge in [-0.2, -0.15) is 0 Å². The van der Waals surface area contributed by atoms with Crippen LogP contribution >= 0.6 is 34.9 Å². The first-order valence-electron chi connectivity index (χ1n) is 7.18. The van der Waals surface area contributed by atoms with E-state index in [0.29, 0.717) is 21.4 Å². The van der Waals surface area contributed by atoms with Crippen LogP contribution in [0.3, 0.4) is 0 Å². The summed E-state index contributed by atoms with van der Waals surface area (Å²) in [6, 6.07) is 1.86. The summed E-state index contributed by atoms with van der Waals surface area (Å²) in [6.07, 6.45) is 3.13. The normalized spacial score (nSPS) is 16.2. The molecule has 0 unspecified atom stereocenters. The molecular formula is C14H12ClF2N5S2. The molecule has 5 nitrogen and oxygen atoms in total.